The molecular weight excluding hydrogens is 245 g/mol. The number of H-pyrrole nitrogens is 1. The highest BCUT2D eigenvalue weighted by molar-refractivity contribution is 6.02. The molecule has 0 fully saturated rings. The molecule has 0 bridgehead atoms. The molecule has 0 radical (unpaired) electrons. The summed E-state index contributed by atoms with van der Waals surface area (Å²) in [6, 6.07) is 7.64. The van der Waals surface area contributed by atoms with Crippen molar-refractivity contribution >= 4 is 11.6 Å². The molecule has 94 valence electrons. The van der Waals surface area contributed by atoms with Gasteiger partial charge in [0.05, 0.1) is 5.56 Å². The fourth-order valence-electron chi connectivity index (χ4n) is 1.44. The fraction of sp³-hybridized carbons (Fsp3) is 0.0833. The van der Waals surface area contributed by atoms with E-state index in [1.165, 1.54) is 18.2 Å². The second kappa shape index (κ2) is 4.56. The second-order valence-corrected chi connectivity index (χ2v) is 3.62. The number of anilines is 1. The first-order chi connectivity index (χ1) is 8.47. The average Bonchev–Trinajstić information content (AvgIpc) is 2.81. The van der Waals surface area contributed by atoms with Crippen molar-refractivity contribution in [2.24, 2.45) is 0 Å². The maximum atomic E-state index is 12.5. The lowest BCUT2D eigenvalue weighted by atomic mass is 10.2. The highest BCUT2D eigenvalue weighted by Gasteiger charge is 2.30. The largest absolute Gasteiger partial charge is 0.416 e. The lowest BCUT2D eigenvalue weighted by molar-refractivity contribution is -0.137. The van der Waals surface area contributed by atoms with Crippen molar-refractivity contribution in [1.29, 1.82) is 0 Å². The molecule has 1 amide bonds. The van der Waals surface area contributed by atoms with Gasteiger partial charge < -0.3 is 10.3 Å². The van der Waals surface area contributed by atoms with Crippen molar-refractivity contribution in [2.75, 3.05) is 5.32 Å². The SMILES string of the molecule is O=C(Nc1cccc(C(F)(F)F)c1)c1ccc[nH]1. The Balaban J connectivity index is 2.18. The summed E-state index contributed by atoms with van der Waals surface area (Å²) in [7, 11) is 0. The molecule has 2 rings (SSSR count). The Bertz CT molecular complexity index is 547. The van der Waals surface area contributed by atoms with E-state index in [-0.39, 0.29) is 11.4 Å². The molecule has 0 saturated carbocycles. The standard InChI is InChI=1S/C12H9F3N2O/c13-12(14,15)8-3-1-4-9(7-8)17-11(18)10-5-2-6-16-10/h1-7,16H,(H,17,18). The van der Waals surface area contributed by atoms with Crippen LogP contribution in [0.3, 0.4) is 0 Å². The van der Waals surface area contributed by atoms with Crippen LogP contribution >= 0.6 is 0 Å². The molecule has 18 heavy (non-hydrogen) atoms. The van der Waals surface area contributed by atoms with Gasteiger partial charge in [-0.1, -0.05) is 6.07 Å². The zero-order valence-electron chi connectivity index (χ0n) is 9.08. The van der Waals surface area contributed by atoms with E-state index < -0.39 is 17.6 Å². The van der Waals surface area contributed by atoms with Crippen molar-refractivity contribution in [3.05, 3.63) is 53.9 Å². The molecule has 0 atom stereocenters. The van der Waals surface area contributed by atoms with E-state index in [9.17, 15) is 18.0 Å². The number of amides is 1. The highest BCUT2D eigenvalue weighted by Crippen LogP contribution is 2.30. The number of carbonyl (C=O) groups is 1. The maximum Gasteiger partial charge on any atom is 0.416 e. The molecule has 0 aliphatic rings. The molecule has 0 aliphatic carbocycles. The van der Waals surface area contributed by atoms with Crippen LogP contribution < -0.4 is 5.32 Å². The van der Waals surface area contributed by atoms with Gasteiger partial charge in [-0.15, -0.1) is 0 Å². The summed E-state index contributed by atoms with van der Waals surface area (Å²) in [6.07, 6.45) is -2.87. The lowest BCUT2D eigenvalue weighted by Gasteiger charge is -2.09. The normalized spacial score (nSPS) is 11.3. The van der Waals surface area contributed by atoms with E-state index in [0.29, 0.717) is 0 Å². The zero-order valence-corrected chi connectivity index (χ0v) is 9.08. The van der Waals surface area contributed by atoms with E-state index in [4.69, 9.17) is 0 Å². The van der Waals surface area contributed by atoms with Crippen LogP contribution in [0.15, 0.2) is 42.6 Å². The molecule has 0 saturated heterocycles. The Hall–Kier alpha value is -2.24. The summed E-state index contributed by atoms with van der Waals surface area (Å²) in [6.45, 7) is 0. The Labute approximate surface area is 101 Å². The highest BCUT2D eigenvalue weighted by atomic mass is 19.4. The first-order valence-electron chi connectivity index (χ1n) is 5.09. The number of rotatable bonds is 2. The molecule has 0 unspecified atom stereocenters. The van der Waals surface area contributed by atoms with E-state index in [1.54, 1.807) is 12.3 Å². The summed E-state index contributed by atoms with van der Waals surface area (Å²) in [4.78, 5) is 14.3. The molecule has 1 aromatic heterocycles. The third kappa shape index (κ3) is 2.71. The van der Waals surface area contributed by atoms with E-state index in [1.807, 2.05) is 0 Å². The first kappa shape index (κ1) is 12.2. The number of halogens is 3. The average molecular weight is 254 g/mol. The number of nitrogens with one attached hydrogen (secondary N) is 2. The van der Waals surface area contributed by atoms with Crippen LogP contribution in [0.5, 0.6) is 0 Å². The minimum Gasteiger partial charge on any atom is -0.357 e. The Morgan fingerprint density at radius 3 is 2.56 bits per heavy atom. The summed E-state index contributed by atoms with van der Waals surface area (Å²) in [5.74, 6) is -0.487. The van der Waals surface area contributed by atoms with Crippen LogP contribution in [0, 0.1) is 0 Å². The van der Waals surface area contributed by atoms with Crippen molar-refractivity contribution < 1.29 is 18.0 Å². The van der Waals surface area contributed by atoms with Gasteiger partial charge in [-0.05, 0) is 30.3 Å². The van der Waals surface area contributed by atoms with Gasteiger partial charge in [0.15, 0.2) is 0 Å². The summed E-state index contributed by atoms with van der Waals surface area (Å²) < 4.78 is 37.4. The van der Waals surface area contributed by atoms with Crippen LogP contribution in [0.4, 0.5) is 18.9 Å². The molecule has 2 aromatic rings. The molecule has 2 N–H and O–H groups in total. The first-order valence-corrected chi connectivity index (χ1v) is 5.09. The minimum absolute atomic E-state index is 0.101. The number of benzene rings is 1. The Kier molecular flexibility index (Phi) is 3.10. The molecule has 1 heterocycles. The predicted octanol–water partition coefficient (Wildman–Crippen LogP) is 3.29. The van der Waals surface area contributed by atoms with Crippen LogP contribution in [-0.2, 0) is 6.18 Å². The summed E-state index contributed by atoms with van der Waals surface area (Å²) >= 11 is 0. The predicted molar refractivity (Wildman–Crippen MR) is 60.2 cm³/mol. The second-order valence-electron chi connectivity index (χ2n) is 3.62. The van der Waals surface area contributed by atoms with Crippen molar-refractivity contribution in [3.8, 4) is 0 Å². The van der Waals surface area contributed by atoms with Crippen LogP contribution in [-0.4, -0.2) is 10.9 Å². The van der Waals surface area contributed by atoms with E-state index in [2.05, 4.69) is 10.3 Å². The number of alkyl halides is 3. The third-order valence-corrected chi connectivity index (χ3v) is 2.29. The number of hydrogen-bond donors (Lipinski definition) is 2. The van der Waals surface area contributed by atoms with Crippen LogP contribution in [0.1, 0.15) is 16.1 Å². The van der Waals surface area contributed by atoms with Gasteiger partial charge in [0.1, 0.15) is 5.69 Å². The number of aromatic amines is 1. The van der Waals surface area contributed by atoms with E-state index >= 15 is 0 Å². The van der Waals surface area contributed by atoms with Gasteiger partial charge >= 0.3 is 6.18 Å². The van der Waals surface area contributed by atoms with Crippen molar-refractivity contribution in [2.45, 2.75) is 6.18 Å². The molecular formula is C12H9F3N2O. The van der Waals surface area contributed by atoms with Crippen molar-refractivity contribution in [3.63, 3.8) is 0 Å². The van der Waals surface area contributed by atoms with E-state index in [0.717, 1.165) is 12.1 Å². The number of hydrogen-bond acceptors (Lipinski definition) is 1. The zero-order chi connectivity index (χ0) is 13.2. The lowest BCUT2D eigenvalue weighted by Crippen LogP contribution is -2.13. The molecule has 1 aromatic carbocycles. The maximum absolute atomic E-state index is 12.5. The quantitative estimate of drug-likeness (QED) is 0.848. The molecule has 0 spiro atoms. The molecule has 3 nitrogen and oxygen atoms in total. The smallest absolute Gasteiger partial charge is 0.357 e. The number of aromatic nitrogens is 1. The van der Waals surface area contributed by atoms with Gasteiger partial charge in [0.25, 0.3) is 5.91 Å². The third-order valence-electron chi connectivity index (χ3n) is 2.29. The van der Waals surface area contributed by atoms with Crippen molar-refractivity contribution in [1.82, 2.24) is 4.98 Å². The monoisotopic (exact) mass is 254 g/mol. The van der Waals surface area contributed by atoms with Crippen LogP contribution in [0.25, 0.3) is 0 Å². The molecule has 0 aliphatic heterocycles. The Morgan fingerprint density at radius 2 is 1.94 bits per heavy atom. The van der Waals surface area contributed by atoms with Gasteiger partial charge in [-0.2, -0.15) is 13.2 Å². The summed E-state index contributed by atoms with van der Waals surface area (Å²) in [5, 5.41) is 2.39. The summed E-state index contributed by atoms with van der Waals surface area (Å²) in [5.41, 5.74) is -0.413. The van der Waals surface area contributed by atoms with Crippen LogP contribution in [0.2, 0.25) is 0 Å². The van der Waals surface area contributed by atoms with Gasteiger partial charge in [0, 0.05) is 11.9 Å². The van der Waals surface area contributed by atoms with Gasteiger partial charge in [0.2, 0.25) is 0 Å². The Morgan fingerprint density at radius 1 is 1.17 bits per heavy atom. The topological polar surface area (TPSA) is 44.9 Å². The van der Waals surface area contributed by atoms with Gasteiger partial charge in [-0.3, -0.25) is 4.79 Å². The molecule has 6 heteroatoms. The minimum atomic E-state index is -4.42. The number of carbonyl (C=O) groups excluding carboxylic acids is 1. The fourth-order valence-corrected chi connectivity index (χ4v) is 1.44. The van der Waals surface area contributed by atoms with Gasteiger partial charge in [-0.25, -0.2) is 0 Å².